The van der Waals surface area contributed by atoms with Crippen molar-refractivity contribution in [2.45, 2.75) is 6.18 Å². The van der Waals surface area contributed by atoms with E-state index in [1.807, 2.05) is 0 Å². The zero-order valence-electron chi connectivity index (χ0n) is 13.0. The molecule has 0 atom stereocenters. The van der Waals surface area contributed by atoms with E-state index < -0.39 is 40.9 Å². The van der Waals surface area contributed by atoms with Gasteiger partial charge in [0.2, 0.25) is 0 Å². The van der Waals surface area contributed by atoms with E-state index in [9.17, 15) is 31.5 Å². The number of nitrogens with zero attached hydrogens (tertiary/aromatic N) is 1. The number of hydrogen-bond acceptors (Lipinski definition) is 4. The molecule has 27 heavy (non-hydrogen) atoms. The highest BCUT2D eigenvalue weighted by Gasteiger charge is 2.31. The number of urea groups is 1. The normalized spacial score (nSPS) is 11.4. The maximum absolute atomic E-state index is 13.5. The maximum atomic E-state index is 13.5. The van der Waals surface area contributed by atoms with Gasteiger partial charge in [-0.1, -0.05) is 11.2 Å². The molecule has 0 bridgehead atoms. The molecule has 140 valence electrons. The number of imide groups is 1. The quantitative estimate of drug-likeness (QED) is 0.651. The number of hydrogen-bond donors (Lipinski definition) is 2. The Bertz CT molecular complexity index is 1030. The van der Waals surface area contributed by atoms with Gasteiger partial charge >= 0.3 is 12.2 Å². The van der Waals surface area contributed by atoms with Crippen molar-refractivity contribution in [2.75, 3.05) is 5.32 Å². The van der Waals surface area contributed by atoms with Crippen molar-refractivity contribution in [3.8, 4) is 0 Å². The number of aromatic nitrogens is 1. The molecule has 0 aliphatic carbocycles. The average molecular weight is 385 g/mol. The molecule has 0 saturated heterocycles. The van der Waals surface area contributed by atoms with Crippen molar-refractivity contribution >= 4 is 28.7 Å². The Kier molecular flexibility index (Phi) is 4.52. The molecule has 0 aliphatic rings. The number of fused-ring (bicyclic) bond motifs is 1. The molecule has 11 heteroatoms. The highest BCUT2D eigenvalue weighted by atomic mass is 19.4. The van der Waals surface area contributed by atoms with Crippen LogP contribution in [0.5, 0.6) is 0 Å². The first-order valence-electron chi connectivity index (χ1n) is 7.20. The smallest absolute Gasteiger partial charge is 0.354 e. The lowest BCUT2D eigenvalue weighted by Crippen LogP contribution is -2.35. The van der Waals surface area contributed by atoms with Crippen molar-refractivity contribution in [2.24, 2.45) is 0 Å². The minimum Gasteiger partial charge on any atom is -0.354 e. The number of halogens is 5. The average Bonchev–Trinajstić information content (AvgIpc) is 2.96. The van der Waals surface area contributed by atoms with Gasteiger partial charge in [0.25, 0.3) is 5.91 Å². The van der Waals surface area contributed by atoms with Gasteiger partial charge in [0.1, 0.15) is 17.2 Å². The predicted octanol–water partition coefficient (Wildman–Crippen LogP) is 4.09. The number of alkyl halides is 3. The Balaban J connectivity index is 1.77. The first kappa shape index (κ1) is 18.3. The van der Waals surface area contributed by atoms with Crippen LogP contribution >= 0.6 is 0 Å². The first-order valence-corrected chi connectivity index (χ1v) is 7.20. The maximum Gasteiger partial charge on any atom is 0.416 e. The molecule has 0 spiro atoms. The van der Waals surface area contributed by atoms with Crippen LogP contribution in [0, 0.1) is 11.6 Å². The van der Waals surface area contributed by atoms with Crippen LogP contribution in [0.1, 0.15) is 15.9 Å². The number of carbonyl (C=O) groups is 2. The van der Waals surface area contributed by atoms with Gasteiger partial charge in [-0.05, 0) is 30.3 Å². The summed E-state index contributed by atoms with van der Waals surface area (Å²) in [6, 6.07) is 3.95. The van der Waals surface area contributed by atoms with Gasteiger partial charge in [0.05, 0.1) is 10.9 Å². The fourth-order valence-electron chi connectivity index (χ4n) is 2.22. The summed E-state index contributed by atoms with van der Waals surface area (Å²) in [5.74, 6) is -3.98. The van der Waals surface area contributed by atoms with Gasteiger partial charge in [-0.25, -0.2) is 13.6 Å². The van der Waals surface area contributed by atoms with Gasteiger partial charge in [0.15, 0.2) is 11.4 Å². The lowest BCUT2D eigenvalue weighted by atomic mass is 10.1. The van der Waals surface area contributed by atoms with E-state index in [0.29, 0.717) is 6.07 Å². The van der Waals surface area contributed by atoms with Gasteiger partial charge in [-0.2, -0.15) is 13.2 Å². The third-order valence-corrected chi connectivity index (χ3v) is 3.45. The summed E-state index contributed by atoms with van der Waals surface area (Å²) < 4.78 is 69.7. The summed E-state index contributed by atoms with van der Waals surface area (Å²) in [6.07, 6.45) is -4.60. The van der Waals surface area contributed by atoms with Crippen LogP contribution in [0.2, 0.25) is 0 Å². The summed E-state index contributed by atoms with van der Waals surface area (Å²) in [4.78, 5) is 23.7. The fourth-order valence-corrected chi connectivity index (χ4v) is 2.22. The van der Waals surface area contributed by atoms with Gasteiger partial charge in [-0.3, -0.25) is 15.4 Å². The second-order valence-electron chi connectivity index (χ2n) is 5.24. The van der Waals surface area contributed by atoms with E-state index >= 15 is 0 Å². The number of nitrogens with one attached hydrogen (secondary N) is 2. The molecule has 2 aromatic carbocycles. The van der Waals surface area contributed by atoms with E-state index in [1.165, 1.54) is 0 Å². The molecule has 6 nitrogen and oxygen atoms in total. The minimum absolute atomic E-state index is 0.0303. The molecule has 1 heterocycles. The summed E-state index contributed by atoms with van der Waals surface area (Å²) in [5, 5.41) is 7.18. The SMILES string of the molecule is O=C(NC(=O)c1c(F)cccc1F)Nc1noc2cc(C(F)(F)F)ccc12. The second kappa shape index (κ2) is 6.67. The van der Waals surface area contributed by atoms with Crippen LogP contribution in [0.4, 0.5) is 32.6 Å². The Hall–Kier alpha value is -3.50. The van der Waals surface area contributed by atoms with E-state index in [2.05, 4.69) is 10.5 Å². The first-order chi connectivity index (χ1) is 12.7. The molecule has 2 N–H and O–H groups in total. The van der Waals surface area contributed by atoms with Crippen LogP contribution < -0.4 is 10.6 Å². The third-order valence-electron chi connectivity index (χ3n) is 3.45. The van der Waals surface area contributed by atoms with E-state index in [4.69, 9.17) is 4.52 Å². The van der Waals surface area contributed by atoms with Crippen LogP contribution in [-0.4, -0.2) is 17.1 Å². The van der Waals surface area contributed by atoms with Crippen LogP contribution in [0.15, 0.2) is 40.9 Å². The van der Waals surface area contributed by atoms with Crippen molar-refractivity contribution < 1.29 is 36.1 Å². The molecular formula is C16H8F5N3O3. The highest BCUT2D eigenvalue weighted by molar-refractivity contribution is 6.09. The monoisotopic (exact) mass is 385 g/mol. The molecule has 1 aromatic heterocycles. The molecular weight excluding hydrogens is 377 g/mol. The number of rotatable bonds is 2. The van der Waals surface area contributed by atoms with Crippen LogP contribution in [0.3, 0.4) is 0 Å². The predicted molar refractivity (Wildman–Crippen MR) is 81.9 cm³/mol. The number of carbonyl (C=O) groups excluding carboxylic acids is 2. The Labute approximate surface area is 146 Å². The number of benzene rings is 2. The van der Waals surface area contributed by atoms with Gasteiger partial charge < -0.3 is 4.52 Å². The lowest BCUT2D eigenvalue weighted by Gasteiger charge is -2.07. The molecule has 3 rings (SSSR count). The highest BCUT2D eigenvalue weighted by Crippen LogP contribution is 2.33. The van der Waals surface area contributed by atoms with Crippen LogP contribution in [-0.2, 0) is 6.18 Å². The van der Waals surface area contributed by atoms with E-state index in [1.54, 1.807) is 5.32 Å². The zero-order chi connectivity index (χ0) is 19.8. The molecule has 3 amide bonds. The summed E-state index contributed by atoms with van der Waals surface area (Å²) in [7, 11) is 0. The molecule has 0 aliphatic heterocycles. The Morgan fingerprint density at radius 2 is 1.70 bits per heavy atom. The van der Waals surface area contributed by atoms with E-state index in [-0.39, 0.29) is 16.8 Å². The second-order valence-corrected chi connectivity index (χ2v) is 5.24. The molecule has 0 radical (unpaired) electrons. The molecule has 3 aromatic rings. The summed E-state index contributed by atoms with van der Waals surface area (Å²) in [6.45, 7) is 0. The largest absolute Gasteiger partial charge is 0.416 e. The third kappa shape index (κ3) is 3.71. The molecule has 0 saturated carbocycles. The summed E-state index contributed by atoms with van der Waals surface area (Å²) in [5.41, 5.74) is -2.20. The minimum atomic E-state index is -4.60. The molecule has 0 fully saturated rings. The van der Waals surface area contributed by atoms with Crippen molar-refractivity contribution in [1.82, 2.24) is 10.5 Å². The van der Waals surface area contributed by atoms with Gasteiger partial charge in [-0.15, -0.1) is 0 Å². The van der Waals surface area contributed by atoms with Crippen LogP contribution in [0.25, 0.3) is 11.0 Å². The Morgan fingerprint density at radius 3 is 2.33 bits per heavy atom. The Morgan fingerprint density at radius 1 is 1.04 bits per heavy atom. The molecule has 0 unspecified atom stereocenters. The van der Waals surface area contributed by atoms with E-state index in [0.717, 1.165) is 30.3 Å². The fraction of sp³-hybridized carbons (Fsp3) is 0.0625. The number of anilines is 1. The zero-order valence-corrected chi connectivity index (χ0v) is 13.0. The van der Waals surface area contributed by atoms with Crippen molar-refractivity contribution in [3.63, 3.8) is 0 Å². The van der Waals surface area contributed by atoms with Crippen molar-refractivity contribution in [3.05, 3.63) is 59.2 Å². The number of amides is 3. The standard InChI is InChI=1S/C16H8F5N3O3/c17-9-2-1-3-10(18)12(9)14(25)23-15(26)22-13-8-5-4-7(16(19,20)21)6-11(8)27-24-13/h1-6H,(H2,22,23,24,25,26). The van der Waals surface area contributed by atoms with Gasteiger partial charge in [0, 0.05) is 0 Å². The topological polar surface area (TPSA) is 84.2 Å². The summed E-state index contributed by atoms with van der Waals surface area (Å²) >= 11 is 0. The van der Waals surface area contributed by atoms with Crippen molar-refractivity contribution in [1.29, 1.82) is 0 Å². The lowest BCUT2D eigenvalue weighted by molar-refractivity contribution is -0.137.